The smallest absolute Gasteiger partial charge is 0.407 e. The molecule has 4 nitrogen and oxygen atoms in total. The normalized spacial score (nSPS) is 32.6. The van der Waals surface area contributed by atoms with Crippen molar-refractivity contribution >= 4 is 6.09 Å². The lowest BCUT2D eigenvalue weighted by Gasteiger charge is -2.27. The molecular weight excluding hydrogens is 182 g/mol. The molecule has 2 N–H and O–H groups in total. The molecule has 1 rings (SSSR count). The molecule has 0 aromatic heterocycles. The zero-order valence-corrected chi connectivity index (χ0v) is 8.97. The van der Waals surface area contributed by atoms with E-state index in [4.69, 9.17) is 5.11 Å². The third kappa shape index (κ3) is 2.18. The van der Waals surface area contributed by atoms with Gasteiger partial charge in [-0.25, -0.2) is 4.79 Å². The van der Waals surface area contributed by atoms with Crippen molar-refractivity contribution in [3.63, 3.8) is 0 Å². The van der Waals surface area contributed by atoms with Crippen LogP contribution in [0.15, 0.2) is 0 Å². The van der Waals surface area contributed by atoms with E-state index in [0.717, 1.165) is 6.42 Å². The Morgan fingerprint density at radius 1 is 1.57 bits per heavy atom. The van der Waals surface area contributed by atoms with E-state index in [0.29, 0.717) is 12.3 Å². The minimum absolute atomic E-state index is 0.0637. The van der Waals surface area contributed by atoms with Crippen molar-refractivity contribution in [2.45, 2.75) is 51.8 Å². The van der Waals surface area contributed by atoms with Gasteiger partial charge in [0.1, 0.15) is 0 Å². The fraction of sp³-hybridized carbons (Fsp3) is 0.900. The molecule has 0 aromatic carbocycles. The quantitative estimate of drug-likeness (QED) is 0.712. The maximum Gasteiger partial charge on any atom is 0.407 e. The molecule has 0 spiro atoms. The number of aliphatic hydroxyl groups excluding tert-OH is 1. The van der Waals surface area contributed by atoms with Crippen LogP contribution >= 0.6 is 0 Å². The summed E-state index contributed by atoms with van der Waals surface area (Å²) in [5, 5.41) is 18.7. The van der Waals surface area contributed by atoms with Crippen molar-refractivity contribution in [3.8, 4) is 0 Å². The Labute approximate surface area is 84.5 Å². The van der Waals surface area contributed by atoms with Crippen LogP contribution in [0.4, 0.5) is 4.79 Å². The van der Waals surface area contributed by atoms with Gasteiger partial charge in [0, 0.05) is 6.04 Å². The van der Waals surface area contributed by atoms with Gasteiger partial charge in [-0.1, -0.05) is 13.8 Å². The number of nitrogens with zero attached hydrogens (tertiary/aromatic N) is 1. The standard InChI is InChI=1S/C10H19NO3/c1-6(2)4-8-9(12)5-7(3)11(8)10(13)14/h6-9,12H,4-5H2,1-3H3,(H,13,14)/t7?,8-,9+/m1/s1. The fourth-order valence-electron chi connectivity index (χ4n) is 2.22. The predicted molar refractivity (Wildman–Crippen MR) is 53.2 cm³/mol. The van der Waals surface area contributed by atoms with Crippen LogP contribution in [0.5, 0.6) is 0 Å². The van der Waals surface area contributed by atoms with Crippen LogP contribution in [0.1, 0.15) is 33.6 Å². The van der Waals surface area contributed by atoms with Gasteiger partial charge in [0.25, 0.3) is 0 Å². The van der Waals surface area contributed by atoms with Crippen LogP contribution in [0.2, 0.25) is 0 Å². The average molecular weight is 201 g/mol. The summed E-state index contributed by atoms with van der Waals surface area (Å²) < 4.78 is 0. The topological polar surface area (TPSA) is 60.8 Å². The summed E-state index contributed by atoms with van der Waals surface area (Å²) in [6.07, 6.45) is -0.121. The lowest BCUT2D eigenvalue weighted by atomic mass is 10.00. The van der Waals surface area contributed by atoms with Gasteiger partial charge < -0.3 is 10.2 Å². The molecule has 1 aliphatic rings. The summed E-state index contributed by atoms with van der Waals surface area (Å²) in [5.74, 6) is 0.404. The third-order valence-electron chi connectivity index (χ3n) is 2.79. The predicted octanol–water partition coefficient (Wildman–Crippen LogP) is 1.53. The van der Waals surface area contributed by atoms with Crippen LogP contribution in [0, 0.1) is 5.92 Å². The van der Waals surface area contributed by atoms with Crippen molar-refractivity contribution in [2.75, 3.05) is 0 Å². The lowest BCUT2D eigenvalue weighted by Crippen LogP contribution is -2.42. The third-order valence-corrected chi connectivity index (χ3v) is 2.79. The summed E-state index contributed by atoms with van der Waals surface area (Å²) in [6.45, 7) is 5.92. The molecule has 1 saturated heterocycles. The van der Waals surface area contributed by atoms with Gasteiger partial charge in [-0.2, -0.15) is 0 Å². The Kier molecular flexibility index (Phi) is 3.37. The highest BCUT2D eigenvalue weighted by molar-refractivity contribution is 5.66. The maximum absolute atomic E-state index is 11.0. The number of likely N-dealkylation sites (tertiary alicyclic amines) is 1. The van der Waals surface area contributed by atoms with Gasteiger partial charge in [-0.15, -0.1) is 0 Å². The minimum Gasteiger partial charge on any atom is -0.465 e. The number of aliphatic hydroxyl groups is 1. The Bertz CT molecular complexity index is 217. The van der Waals surface area contributed by atoms with Gasteiger partial charge in [-0.05, 0) is 25.7 Å². The highest BCUT2D eigenvalue weighted by atomic mass is 16.4. The molecule has 0 aromatic rings. The van der Waals surface area contributed by atoms with Crippen molar-refractivity contribution in [1.82, 2.24) is 4.90 Å². The average Bonchev–Trinajstić information content (AvgIpc) is 2.25. The van der Waals surface area contributed by atoms with E-state index < -0.39 is 12.2 Å². The van der Waals surface area contributed by atoms with Crippen molar-refractivity contribution in [3.05, 3.63) is 0 Å². The second kappa shape index (κ2) is 4.17. The van der Waals surface area contributed by atoms with Crippen LogP contribution < -0.4 is 0 Å². The van der Waals surface area contributed by atoms with Crippen molar-refractivity contribution in [2.24, 2.45) is 5.92 Å². The number of carboxylic acid groups (broad SMARTS) is 1. The zero-order chi connectivity index (χ0) is 10.9. The van der Waals surface area contributed by atoms with E-state index >= 15 is 0 Å². The largest absolute Gasteiger partial charge is 0.465 e. The van der Waals surface area contributed by atoms with Crippen LogP contribution in [0.25, 0.3) is 0 Å². The summed E-state index contributed by atoms with van der Waals surface area (Å²) in [7, 11) is 0. The van der Waals surface area contributed by atoms with Crippen LogP contribution in [-0.4, -0.2) is 39.4 Å². The molecular formula is C10H19NO3. The first-order valence-electron chi connectivity index (χ1n) is 5.12. The number of hydrogen-bond donors (Lipinski definition) is 2. The van der Waals surface area contributed by atoms with E-state index in [1.165, 1.54) is 4.90 Å². The minimum atomic E-state index is -0.917. The summed E-state index contributed by atoms with van der Waals surface area (Å²) in [5.41, 5.74) is 0. The van der Waals surface area contributed by atoms with E-state index in [9.17, 15) is 9.90 Å². The van der Waals surface area contributed by atoms with Gasteiger partial charge in [0.05, 0.1) is 12.1 Å². The molecule has 3 atom stereocenters. The molecule has 1 aliphatic heterocycles. The molecule has 14 heavy (non-hydrogen) atoms. The first kappa shape index (κ1) is 11.3. The molecule has 82 valence electrons. The monoisotopic (exact) mass is 201 g/mol. The number of amides is 1. The summed E-state index contributed by atoms with van der Waals surface area (Å²) >= 11 is 0. The molecule has 1 amide bonds. The number of hydrogen-bond acceptors (Lipinski definition) is 2. The Morgan fingerprint density at radius 2 is 2.14 bits per heavy atom. The Morgan fingerprint density at radius 3 is 2.57 bits per heavy atom. The number of rotatable bonds is 2. The molecule has 0 radical (unpaired) electrons. The van der Waals surface area contributed by atoms with E-state index in [-0.39, 0.29) is 12.1 Å². The van der Waals surface area contributed by atoms with E-state index in [1.54, 1.807) is 0 Å². The molecule has 1 fully saturated rings. The van der Waals surface area contributed by atoms with Gasteiger partial charge in [0.15, 0.2) is 0 Å². The first-order valence-corrected chi connectivity index (χ1v) is 5.12. The maximum atomic E-state index is 11.0. The summed E-state index contributed by atoms with van der Waals surface area (Å²) in [6, 6.07) is -0.284. The second-order valence-corrected chi connectivity index (χ2v) is 4.54. The molecule has 0 bridgehead atoms. The van der Waals surface area contributed by atoms with E-state index in [1.807, 2.05) is 20.8 Å². The molecule has 1 unspecified atom stereocenters. The highest BCUT2D eigenvalue weighted by Crippen LogP contribution is 2.28. The van der Waals surface area contributed by atoms with Crippen LogP contribution in [-0.2, 0) is 0 Å². The van der Waals surface area contributed by atoms with Crippen molar-refractivity contribution < 1.29 is 15.0 Å². The van der Waals surface area contributed by atoms with Crippen LogP contribution in [0.3, 0.4) is 0 Å². The Hall–Kier alpha value is -0.770. The fourth-order valence-corrected chi connectivity index (χ4v) is 2.22. The lowest BCUT2D eigenvalue weighted by molar-refractivity contribution is 0.0845. The zero-order valence-electron chi connectivity index (χ0n) is 8.97. The Balaban J connectivity index is 2.73. The van der Waals surface area contributed by atoms with Gasteiger partial charge >= 0.3 is 6.09 Å². The number of carbonyl (C=O) groups is 1. The van der Waals surface area contributed by atoms with E-state index in [2.05, 4.69) is 0 Å². The molecule has 0 aliphatic carbocycles. The molecule has 0 saturated carbocycles. The molecule has 4 heteroatoms. The first-order chi connectivity index (χ1) is 6.43. The van der Waals surface area contributed by atoms with Gasteiger partial charge in [0.2, 0.25) is 0 Å². The SMILES string of the molecule is CC(C)C[C@@H]1[C@@H](O)CC(C)N1C(=O)O. The second-order valence-electron chi connectivity index (χ2n) is 4.54. The molecule has 1 heterocycles. The summed E-state index contributed by atoms with van der Waals surface area (Å²) in [4.78, 5) is 12.4. The highest BCUT2D eigenvalue weighted by Gasteiger charge is 2.40. The van der Waals surface area contributed by atoms with Crippen molar-refractivity contribution in [1.29, 1.82) is 0 Å². The van der Waals surface area contributed by atoms with Gasteiger partial charge in [-0.3, -0.25) is 4.90 Å².